The second kappa shape index (κ2) is 10.0. The number of hydrogen-bond acceptors (Lipinski definition) is 4. The Bertz CT molecular complexity index is 1050. The molecule has 1 N–H and O–H groups in total. The zero-order chi connectivity index (χ0) is 22.5. The van der Waals surface area contributed by atoms with Crippen molar-refractivity contribution in [3.05, 3.63) is 63.9 Å². The van der Waals surface area contributed by atoms with E-state index in [0.717, 1.165) is 34.6 Å². The second-order valence-corrected chi connectivity index (χ2v) is 8.33. The van der Waals surface area contributed by atoms with Crippen molar-refractivity contribution in [1.29, 1.82) is 0 Å². The predicted octanol–water partition coefficient (Wildman–Crippen LogP) is 5.22. The highest BCUT2D eigenvalue weighted by Gasteiger charge is 2.27. The molecule has 1 aromatic carbocycles. The molecule has 1 aliphatic rings. The van der Waals surface area contributed by atoms with Crippen molar-refractivity contribution in [3.8, 4) is 11.4 Å². The maximum absolute atomic E-state index is 13.2. The third-order valence-electron chi connectivity index (χ3n) is 5.20. The molecule has 4 rings (SSSR count). The first-order valence-corrected chi connectivity index (χ1v) is 10.8. The highest BCUT2D eigenvalue weighted by Crippen LogP contribution is 2.28. The predicted molar refractivity (Wildman–Crippen MR) is 119 cm³/mol. The van der Waals surface area contributed by atoms with Gasteiger partial charge in [-0.2, -0.15) is 5.10 Å². The lowest BCUT2D eigenvalue weighted by Crippen LogP contribution is -2.37. The minimum Gasteiger partial charge on any atom is -0.332 e. The molecule has 1 aliphatic heterocycles. The van der Waals surface area contributed by atoms with E-state index in [0.29, 0.717) is 25.3 Å². The number of amides is 1. The van der Waals surface area contributed by atoms with Gasteiger partial charge in [-0.05, 0) is 43.5 Å². The molecule has 0 saturated carbocycles. The molecule has 0 saturated heterocycles. The van der Waals surface area contributed by atoms with Gasteiger partial charge in [0.25, 0.3) is 5.91 Å². The van der Waals surface area contributed by atoms with E-state index >= 15 is 0 Å². The summed E-state index contributed by atoms with van der Waals surface area (Å²) in [6.07, 6.45) is 3.60. The molecule has 0 fully saturated rings. The van der Waals surface area contributed by atoms with E-state index < -0.39 is 5.82 Å². The van der Waals surface area contributed by atoms with Gasteiger partial charge in [0.05, 0.1) is 34.2 Å². The third-order valence-corrected chi connectivity index (χ3v) is 5.51. The van der Waals surface area contributed by atoms with Crippen molar-refractivity contribution in [2.75, 3.05) is 6.54 Å². The van der Waals surface area contributed by atoms with Crippen molar-refractivity contribution in [1.82, 2.24) is 25.1 Å². The molecule has 0 aliphatic carbocycles. The molecule has 6 nitrogen and oxygen atoms in total. The Morgan fingerprint density at radius 2 is 2.03 bits per heavy atom. The molecular formula is C23H27ClFN5O. The largest absolute Gasteiger partial charge is 0.332 e. The van der Waals surface area contributed by atoms with Crippen LogP contribution in [0.5, 0.6) is 0 Å². The Balaban J connectivity index is 0.000000491. The van der Waals surface area contributed by atoms with Gasteiger partial charge in [-0.1, -0.05) is 38.8 Å². The van der Waals surface area contributed by atoms with Crippen LogP contribution in [0.1, 0.15) is 54.6 Å². The zero-order valence-electron chi connectivity index (χ0n) is 18.2. The normalized spacial score (nSPS) is 12.9. The van der Waals surface area contributed by atoms with Crippen LogP contribution >= 0.6 is 11.6 Å². The van der Waals surface area contributed by atoms with Gasteiger partial charge >= 0.3 is 0 Å². The number of H-pyrrole nitrogens is 1. The smallest absolute Gasteiger partial charge is 0.255 e. The van der Waals surface area contributed by atoms with Crippen LogP contribution in [-0.4, -0.2) is 37.5 Å². The van der Waals surface area contributed by atoms with Gasteiger partial charge in [-0.15, -0.1) is 0 Å². The molecule has 1 amide bonds. The van der Waals surface area contributed by atoms with E-state index in [9.17, 15) is 9.18 Å². The number of carbonyl (C=O) groups excluding carboxylic acids is 1. The van der Waals surface area contributed by atoms with Crippen molar-refractivity contribution >= 4 is 17.5 Å². The van der Waals surface area contributed by atoms with Gasteiger partial charge in [-0.3, -0.25) is 9.89 Å². The number of benzene rings is 1. The lowest BCUT2D eigenvalue weighted by atomic mass is 10.00. The molecule has 31 heavy (non-hydrogen) atoms. The monoisotopic (exact) mass is 443 g/mol. The Kier molecular flexibility index (Phi) is 7.38. The van der Waals surface area contributed by atoms with Gasteiger partial charge < -0.3 is 4.90 Å². The molecular weight excluding hydrogens is 417 g/mol. The summed E-state index contributed by atoms with van der Waals surface area (Å²) in [4.78, 5) is 23.5. The van der Waals surface area contributed by atoms with Crippen LogP contribution in [0.4, 0.5) is 4.39 Å². The average molecular weight is 444 g/mol. The fraction of sp³-hybridized carbons (Fsp3) is 0.391. The lowest BCUT2D eigenvalue weighted by Gasteiger charge is -2.29. The Morgan fingerprint density at radius 1 is 1.29 bits per heavy atom. The first-order valence-electron chi connectivity index (χ1n) is 10.4. The third kappa shape index (κ3) is 5.47. The lowest BCUT2D eigenvalue weighted by molar-refractivity contribution is 0.0731. The van der Waals surface area contributed by atoms with Crippen LogP contribution in [0.25, 0.3) is 11.4 Å². The number of rotatable bonds is 3. The molecule has 3 aromatic rings. The molecule has 0 unspecified atom stereocenters. The Morgan fingerprint density at radius 3 is 2.65 bits per heavy atom. The zero-order valence-corrected chi connectivity index (χ0v) is 19.0. The maximum atomic E-state index is 13.2. The number of hydrogen-bond donors (Lipinski definition) is 1. The highest BCUT2D eigenvalue weighted by atomic mass is 35.5. The summed E-state index contributed by atoms with van der Waals surface area (Å²) in [7, 11) is 0. The number of aryl methyl sites for hydroxylation is 1. The van der Waals surface area contributed by atoms with E-state index in [1.807, 2.05) is 13.0 Å². The standard InChI is InChI=1S/C18H15ClFN5O.C5H12/c1-10-22-16-9-25(18(26)12-3-2-11(20)8-14(12)19)7-5-13(16)17(23-10)15-4-6-21-24-15;1-4-5(2)3/h2-4,6,8H,5,7,9H2,1H3,(H,21,24);5H,4H2,1-3H3. The maximum Gasteiger partial charge on any atom is 0.255 e. The fourth-order valence-corrected chi connectivity index (χ4v) is 3.42. The molecule has 0 atom stereocenters. The molecule has 8 heteroatoms. The number of aromatic amines is 1. The first kappa shape index (κ1) is 22.9. The second-order valence-electron chi connectivity index (χ2n) is 7.92. The van der Waals surface area contributed by atoms with Crippen LogP contribution in [0, 0.1) is 18.7 Å². The summed E-state index contributed by atoms with van der Waals surface area (Å²) in [6, 6.07) is 5.66. The van der Waals surface area contributed by atoms with Gasteiger partial charge in [-0.25, -0.2) is 14.4 Å². The minimum absolute atomic E-state index is 0.109. The molecule has 0 radical (unpaired) electrons. The summed E-state index contributed by atoms with van der Waals surface area (Å²) in [6.45, 7) is 9.32. The van der Waals surface area contributed by atoms with Crippen molar-refractivity contribution in [2.24, 2.45) is 5.92 Å². The van der Waals surface area contributed by atoms with Crippen molar-refractivity contribution in [3.63, 3.8) is 0 Å². The van der Waals surface area contributed by atoms with Crippen LogP contribution in [-0.2, 0) is 13.0 Å². The highest BCUT2D eigenvalue weighted by molar-refractivity contribution is 6.33. The van der Waals surface area contributed by atoms with Crippen LogP contribution in [0.15, 0.2) is 30.5 Å². The number of nitrogens with one attached hydrogen (secondary N) is 1. The van der Waals surface area contributed by atoms with E-state index in [1.165, 1.54) is 18.6 Å². The van der Waals surface area contributed by atoms with Crippen molar-refractivity contribution in [2.45, 2.75) is 47.1 Å². The van der Waals surface area contributed by atoms with E-state index in [4.69, 9.17) is 11.6 Å². The molecule has 0 spiro atoms. The summed E-state index contributed by atoms with van der Waals surface area (Å²) in [5.41, 5.74) is 3.75. The topological polar surface area (TPSA) is 74.8 Å². The SMILES string of the molecule is CCC(C)C.Cc1nc2c(c(-c3ccn[nH]3)n1)CCN(C(=O)c1ccc(F)cc1Cl)C2. The summed E-state index contributed by atoms with van der Waals surface area (Å²) < 4.78 is 13.2. The van der Waals surface area contributed by atoms with Gasteiger partial charge in [0, 0.05) is 18.3 Å². The molecule has 0 bridgehead atoms. The molecule has 164 valence electrons. The summed E-state index contributed by atoms with van der Waals surface area (Å²) in [5.74, 6) is 0.806. The number of carbonyl (C=O) groups is 1. The summed E-state index contributed by atoms with van der Waals surface area (Å²) >= 11 is 6.04. The van der Waals surface area contributed by atoms with E-state index in [-0.39, 0.29) is 16.5 Å². The molecule has 2 aromatic heterocycles. The average Bonchev–Trinajstić information content (AvgIpc) is 3.27. The quantitative estimate of drug-likeness (QED) is 0.602. The van der Waals surface area contributed by atoms with E-state index in [2.05, 4.69) is 40.9 Å². The number of halogens is 2. The number of nitrogens with zero attached hydrogens (tertiary/aromatic N) is 4. The van der Waals surface area contributed by atoms with Crippen LogP contribution < -0.4 is 0 Å². The van der Waals surface area contributed by atoms with Crippen LogP contribution in [0.2, 0.25) is 5.02 Å². The number of aromatic nitrogens is 4. The Hall–Kier alpha value is -2.80. The first-order chi connectivity index (χ1) is 14.8. The van der Waals surface area contributed by atoms with Crippen LogP contribution in [0.3, 0.4) is 0 Å². The van der Waals surface area contributed by atoms with Gasteiger partial charge in [0.15, 0.2) is 0 Å². The fourth-order valence-electron chi connectivity index (χ4n) is 3.17. The van der Waals surface area contributed by atoms with Crippen molar-refractivity contribution < 1.29 is 9.18 Å². The van der Waals surface area contributed by atoms with E-state index in [1.54, 1.807) is 11.1 Å². The van der Waals surface area contributed by atoms with Gasteiger partial charge in [0.1, 0.15) is 11.6 Å². The summed E-state index contributed by atoms with van der Waals surface area (Å²) in [5, 5.41) is 7.02. The molecule has 3 heterocycles. The Labute approximate surface area is 186 Å². The van der Waals surface area contributed by atoms with Gasteiger partial charge in [0.2, 0.25) is 0 Å². The number of fused-ring (bicyclic) bond motifs is 1. The minimum atomic E-state index is -0.469.